The number of rotatable bonds is 7. The van der Waals surface area contributed by atoms with Crippen molar-refractivity contribution in [1.82, 2.24) is 30.1 Å². The normalized spacial score (nSPS) is 11.3. The SMILES string of the molecule is CC(=O)c1ccc(-c2cccc3[nH]c(-c4n[nH]c5ncc(-c6cncc(NC(=O)Cc7ccccc7)c6)cc45)nc23)s1. The van der Waals surface area contributed by atoms with Gasteiger partial charge in [0, 0.05) is 34.0 Å². The number of thiophene rings is 1. The molecule has 42 heavy (non-hydrogen) atoms. The summed E-state index contributed by atoms with van der Waals surface area (Å²) in [4.78, 5) is 43.4. The van der Waals surface area contributed by atoms with Crippen molar-refractivity contribution in [2.45, 2.75) is 13.3 Å². The van der Waals surface area contributed by atoms with E-state index in [1.54, 1.807) is 25.5 Å². The average molecular weight is 570 g/mol. The van der Waals surface area contributed by atoms with Gasteiger partial charge in [0.05, 0.1) is 39.6 Å². The van der Waals surface area contributed by atoms with Gasteiger partial charge < -0.3 is 10.3 Å². The first-order valence-corrected chi connectivity index (χ1v) is 14.1. The van der Waals surface area contributed by atoms with Gasteiger partial charge in [-0.25, -0.2) is 9.97 Å². The zero-order chi connectivity index (χ0) is 28.6. The summed E-state index contributed by atoms with van der Waals surface area (Å²) in [5, 5.41) is 11.3. The van der Waals surface area contributed by atoms with E-state index in [2.05, 4.69) is 30.5 Å². The third kappa shape index (κ3) is 4.84. The van der Waals surface area contributed by atoms with E-state index in [1.807, 2.05) is 72.8 Å². The van der Waals surface area contributed by atoms with Crippen LogP contribution in [-0.4, -0.2) is 41.8 Å². The second-order valence-corrected chi connectivity index (χ2v) is 11.0. The molecule has 204 valence electrons. The zero-order valence-corrected chi connectivity index (χ0v) is 23.2. The van der Waals surface area contributed by atoms with Crippen LogP contribution in [0.2, 0.25) is 0 Å². The van der Waals surface area contributed by atoms with E-state index < -0.39 is 0 Å². The topological polar surface area (TPSA) is 129 Å². The van der Waals surface area contributed by atoms with Gasteiger partial charge in [0.15, 0.2) is 17.3 Å². The zero-order valence-electron chi connectivity index (χ0n) is 22.4. The van der Waals surface area contributed by atoms with Crippen LogP contribution in [0.1, 0.15) is 22.2 Å². The van der Waals surface area contributed by atoms with Gasteiger partial charge >= 0.3 is 0 Å². The number of anilines is 1. The summed E-state index contributed by atoms with van der Waals surface area (Å²) in [7, 11) is 0. The van der Waals surface area contributed by atoms with Gasteiger partial charge in [-0.15, -0.1) is 11.3 Å². The molecule has 0 bridgehead atoms. The molecular formula is C32H23N7O2S. The molecule has 0 fully saturated rings. The Bertz CT molecular complexity index is 2110. The van der Waals surface area contributed by atoms with Crippen LogP contribution in [0, 0.1) is 0 Å². The number of fused-ring (bicyclic) bond motifs is 2. The van der Waals surface area contributed by atoms with E-state index in [0.29, 0.717) is 27.7 Å². The van der Waals surface area contributed by atoms with Gasteiger partial charge in [-0.1, -0.05) is 42.5 Å². The molecule has 10 heteroatoms. The van der Waals surface area contributed by atoms with Crippen LogP contribution in [0.25, 0.3) is 55.2 Å². The number of carbonyl (C=O) groups excluding carboxylic acids is 2. The molecule has 0 aliphatic rings. The van der Waals surface area contributed by atoms with E-state index in [4.69, 9.17) is 4.98 Å². The van der Waals surface area contributed by atoms with Gasteiger partial charge in [-0.3, -0.25) is 19.7 Å². The van der Waals surface area contributed by atoms with Crippen molar-refractivity contribution < 1.29 is 9.59 Å². The van der Waals surface area contributed by atoms with E-state index in [-0.39, 0.29) is 18.1 Å². The maximum absolute atomic E-state index is 12.6. The summed E-state index contributed by atoms with van der Waals surface area (Å²) in [6.07, 6.45) is 5.39. The smallest absolute Gasteiger partial charge is 0.228 e. The predicted octanol–water partition coefficient (Wildman–Crippen LogP) is 6.68. The Morgan fingerprint density at radius 3 is 2.62 bits per heavy atom. The Labute approximate surface area is 243 Å². The van der Waals surface area contributed by atoms with E-state index in [1.165, 1.54) is 11.3 Å². The third-order valence-corrected chi connectivity index (χ3v) is 8.15. The van der Waals surface area contributed by atoms with Crippen LogP contribution in [0.3, 0.4) is 0 Å². The van der Waals surface area contributed by atoms with Crippen molar-refractivity contribution >= 4 is 50.8 Å². The second-order valence-electron chi connectivity index (χ2n) is 9.87. The molecule has 0 saturated heterocycles. The van der Waals surface area contributed by atoms with E-state index >= 15 is 0 Å². The molecule has 7 rings (SSSR count). The number of hydrogen-bond acceptors (Lipinski definition) is 7. The molecule has 7 aromatic rings. The number of carbonyl (C=O) groups is 2. The number of aromatic amines is 2. The number of ketones is 1. The van der Waals surface area contributed by atoms with Gasteiger partial charge in [0.1, 0.15) is 5.69 Å². The fourth-order valence-corrected chi connectivity index (χ4v) is 5.84. The lowest BCUT2D eigenvalue weighted by molar-refractivity contribution is -0.115. The van der Waals surface area contributed by atoms with Crippen LogP contribution in [0.4, 0.5) is 5.69 Å². The lowest BCUT2D eigenvalue weighted by Gasteiger charge is -2.07. The molecule has 0 radical (unpaired) electrons. The largest absolute Gasteiger partial charge is 0.337 e. The lowest BCUT2D eigenvalue weighted by atomic mass is 10.1. The first-order valence-electron chi connectivity index (χ1n) is 13.3. The van der Waals surface area contributed by atoms with Gasteiger partial charge in [-0.05, 0) is 42.8 Å². The Morgan fingerprint density at radius 1 is 0.929 bits per heavy atom. The minimum absolute atomic E-state index is 0.0442. The fourth-order valence-electron chi connectivity index (χ4n) is 4.91. The van der Waals surface area contributed by atoms with Crippen molar-refractivity contribution in [1.29, 1.82) is 0 Å². The molecule has 5 aromatic heterocycles. The summed E-state index contributed by atoms with van der Waals surface area (Å²) in [6.45, 7) is 1.57. The molecule has 2 aromatic carbocycles. The van der Waals surface area contributed by atoms with Crippen molar-refractivity contribution in [3.8, 4) is 33.1 Å². The monoisotopic (exact) mass is 569 g/mol. The van der Waals surface area contributed by atoms with Crippen LogP contribution < -0.4 is 5.32 Å². The van der Waals surface area contributed by atoms with E-state index in [9.17, 15) is 9.59 Å². The maximum atomic E-state index is 12.6. The summed E-state index contributed by atoms with van der Waals surface area (Å²) < 4.78 is 0. The Hall–Kier alpha value is -5.48. The minimum atomic E-state index is -0.116. The van der Waals surface area contributed by atoms with Gasteiger partial charge in [-0.2, -0.15) is 5.10 Å². The molecule has 0 atom stereocenters. The second kappa shape index (κ2) is 10.5. The number of aromatic nitrogens is 6. The number of pyridine rings is 2. The lowest BCUT2D eigenvalue weighted by Crippen LogP contribution is -2.14. The fraction of sp³-hybridized carbons (Fsp3) is 0.0625. The molecule has 0 spiro atoms. The molecular weight excluding hydrogens is 546 g/mol. The first kappa shape index (κ1) is 25.5. The molecule has 0 saturated carbocycles. The van der Waals surface area contributed by atoms with E-state index in [0.717, 1.165) is 43.6 Å². The number of amides is 1. The minimum Gasteiger partial charge on any atom is -0.337 e. The molecule has 3 N–H and O–H groups in total. The van der Waals surface area contributed by atoms with Crippen molar-refractivity contribution in [2.24, 2.45) is 0 Å². The standard InChI is InChI=1S/C32H23N7O2S/c1-18(40)26-10-11-27(42-26)23-8-5-9-25-29(23)37-32(36-25)30-24-14-21(16-34-31(24)39-38-30)20-13-22(17-33-15-20)35-28(41)12-19-6-3-2-4-7-19/h2-11,13-17H,12H2,1H3,(H,35,41)(H,36,37)(H,34,38,39). The summed E-state index contributed by atoms with van der Waals surface area (Å²) in [6, 6.07) is 23.2. The first-order chi connectivity index (χ1) is 20.5. The predicted molar refractivity (Wildman–Crippen MR) is 164 cm³/mol. The summed E-state index contributed by atoms with van der Waals surface area (Å²) >= 11 is 1.46. The number of H-pyrrole nitrogens is 2. The van der Waals surface area contributed by atoms with Crippen LogP contribution >= 0.6 is 11.3 Å². The summed E-state index contributed by atoms with van der Waals surface area (Å²) in [5.74, 6) is 0.531. The highest BCUT2D eigenvalue weighted by Gasteiger charge is 2.18. The van der Waals surface area contributed by atoms with Crippen molar-refractivity contribution in [2.75, 3.05) is 5.32 Å². The van der Waals surface area contributed by atoms with Gasteiger partial charge in [0.25, 0.3) is 0 Å². The Balaban J connectivity index is 1.21. The third-order valence-electron chi connectivity index (χ3n) is 6.93. The number of imidazole rings is 1. The molecule has 5 heterocycles. The maximum Gasteiger partial charge on any atom is 0.228 e. The van der Waals surface area contributed by atoms with Gasteiger partial charge in [0.2, 0.25) is 5.91 Å². The van der Waals surface area contributed by atoms with Crippen molar-refractivity contribution in [3.05, 3.63) is 102 Å². The molecule has 0 aliphatic heterocycles. The highest BCUT2D eigenvalue weighted by atomic mass is 32.1. The highest BCUT2D eigenvalue weighted by Crippen LogP contribution is 2.35. The number of nitrogens with one attached hydrogen (secondary N) is 3. The number of Topliss-reactive ketones (excluding diaryl/α,β-unsaturated/α-hetero) is 1. The Morgan fingerprint density at radius 2 is 1.79 bits per heavy atom. The number of para-hydroxylation sites is 1. The number of nitrogens with zero attached hydrogens (tertiary/aromatic N) is 4. The number of hydrogen-bond donors (Lipinski definition) is 3. The van der Waals surface area contributed by atoms with Crippen LogP contribution in [0.5, 0.6) is 0 Å². The molecule has 0 aliphatic carbocycles. The number of benzene rings is 2. The average Bonchev–Trinajstić information content (AvgIpc) is 3.75. The quantitative estimate of drug-likeness (QED) is 0.184. The molecule has 9 nitrogen and oxygen atoms in total. The van der Waals surface area contributed by atoms with Crippen LogP contribution in [0.15, 0.2) is 91.4 Å². The van der Waals surface area contributed by atoms with Crippen molar-refractivity contribution in [3.63, 3.8) is 0 Å². The van der Waals surface area contributed by atoms with Crippen LogP contribution in [-0.2, 0) is 11.2 Å². The molecule has 1 amide bonds. The Kier molecular flexibility index (Phi) is 6.37. The molecule has 0 unspecified atom stereocenters. The summed E-state index contributed by atoms with van der Waals surface area (Å²) in [5.41, 5.74) is 7.04. The highest BCUT2D eigenvalue weighted by molar-refractivity contribution is 7.17.